The maximum atomic E-state index is 11.8. The summed E-state index contributed by atoms with van der Waals surface area (Å²) in [6.45, 7) is 12.8. The number of hydrogen-bond acceptors (Lipinski definition) is 3. The molecule has 0 unspecified atom stereocenters. The maximum absolute atomic E-state index is 11.8. The summed E-state index contributed by atoms with van der Waals surface area (Å²) in [5.74, 6) is -0.252. The fourth-order valence-electron chi connectivity index (χ4n) is 0.669. The van der Waals surface area contributed by atoms with Crippen molar-refractivity contribution in [3.05, 3.63) is 0 Å². The van der Waals surface area contributed by atoms with Gasteiger partial charge in [-0.15, -0.1) is 0 Å². The molecule has 0 aromatic heterocycles. The van der Waals surface area contributed by atoms with E-state index >= 15 is 0 Å². The minimum absolute atomic E-state index is 0.252. The average Bonchev–Trinajstić information content (AvgIpc) is 1.80. The van der Waals surface area contributed by atoms with Gasteiger partial charge in [0.25, 0.3) is 0 Å². The van der Waals surface area contributed by atoms with Gasteiger partial charge in [0.15, 0.2) is 0 Å². The van der Waals surface area contributed by atoms with Crippen LogP contribution in [0.3, 0.4) is 0 Å². The highest BCUT2D eigenvalue weighted by atomic mass is 16.6. The number of rotatable bonds is 2. The van der Waals surface area contributed by atoms with Crippen molar-refractivity contribution >= 4 is 5.97 Å². The first-order valence-electron chi connectivity index (χ1n) is 4.90. The molecule has 0 heterocycles. The summed E-state index contributed by atoms with van der Waals surface area (Å²) in [6, 6.07) is 0. The lowest BCUT2D eigenvalue weighted by atomic mass is 9.75. The Bertz CT molecular complexity index is 218. The zero-order chi connectivity index (χ0) is 11.8. The molecule has 0 aromatic rings. The smallest absolute Gasteiger partial charge is 0.313 e. The van der Waals surface area contributed by atoms with Crippen LogP contribution >= 0.6 is 0 Å². The van der Waals surface area contributed by atoms with Gasteiger partial charge in [0.2, 0.25) is 0 Å². The lowest BCUT2D eigenvalue weighted by Gasteiger charge is -2.38. The van der Waals surface area contributed by atoms with Gasteiger partial charge in [-0.25, -0.2) is 0 Å². The van der Waals surface area contributed by atoms with Crippen LogP contribution in [0, 0.1) is 5.41 Å². The van der Waals surface area contributed by atoms with Crippen LogP contribution in [0.2, 0.25) is 0 Å². The molecule has 0 radical (unpaired) electrons. The molecule has 3 heteroatoms. The largest absolute Gasteiger partial charge is 0.460 e. The van der Waals surface area contributed by atoms with E-state index in [2.05, 4.69) is 0 Å². The van der Waals surface area contributed by atoms with Gasteiger partial charge in [-0.2, -0.15) is 0 Å². The molecule has 84 valence electrons. The van der Waals surface area contributed by atoms with Crippen molar-refractivity contribution in [1.82, 2.24) is 0 Å². The fraction of sp³-hybridized carbons (Fsp3) is 0.909. The Labute approximate surface area is 87.0 Å². The molecule has 2 N–H and O–H groups in total. The van der Waals surface area contributed by atoms with Gasteiger partial charge in [0.1, 0.15) is 5.60 Å². The van der Waals surface area contributed by atoms with Crippen molar-refractivity contribution in [3.8, 4) is 0 Å². The number of esters is 1. The highest BCUT2D eigenvalue weighted by Gasteiger charge is 2.43. The van der Waals surface area contributed by atoms with Crippen molar-refractivity contribution in [1.29, 1.82) is 0 Å². The summed E-state index contributed by atoms with van der Waals surface area (Å²) in [4.78, 5) is 11.8. The van der Waals surface area contributed by atoms with Crippen LogP contribution in [0.5, 0.6) is 0 Å². The SMILES string of the molecule is CC(C)(C)OC(=O)C(C)(C)C(C)(C)N. The molecule has 3 nitrogen and oxygen atoms in total. The fourth-order valence-corrected chi connectivity index (χ4v) is 0.669. The van der Waals surface area contributed by atoms with Crippen LogP contribution in [0.4, 0.5) is 0 Å². The molecule has 0 saturated heterocycles. The summed E-state index contributed by atoms with van der Waals surface area (Å²) < 4.78 is 5.31. The zero-order valence-electron chi connectivity index (χ0n) is 10.4. The molecule has 0 aliphatic rings. The van der Waals surface area contributed by atoms with Gasteiger partial charge in [0.05, 0.1) is 5.41 Å². The van der Waals surface area contributed by atoms with Crippen molar-refractivity contribution < 1.29 is 9.53 Å². The Morgan fingerprint density at radius 2 is 1.36 bits per heavy atom. The highest BCUT2D eigenvalue weighted by Crippen LogP contribution is 2.31. The molecule has 0 fully saturated rings. The first kappa shape index (κ1) is 13.4. The quantitative estimate of drug-likeness (QED) is 0.696. The molecule has 0 atom stereocenters. The third-order valence-electron chi connectivity index (χ3n) is 2.52. The van der Waals surface area contributed by atoms with Crippen LogP contribution in [-0.2, 0) is 9.53 Å². The van der Waals surface area contributed by atoms with Crippen LogP contribution in [0.1, 0.15) is 48.5 Å². The first-order valence-corrected chi connectivity index (χ1v) is 4.90. The van der Waals surface area contributed by atoms with E-state index in [1.165, 1.54) is 0 Å². The molecular weight excluding hydrogens is 178 g/mol. The Hall–Kier alpha value is -0.570. The van der Waals surface area contributed by atoms with Crippen LogP contribution in [0.25, 0.3) is 0 Å². The van der Waals surface area contributed by atoms with Gasteiger partial charge in [-0.1, -0.05) is 0 Å². The van der Waals surface area contributed by atoms with Gasteiger partial charge < -0.3 is 10.5 Å². The van der Waals surface area contributed by atoms with E-state index in [0.717, 1.165) is 0 Å². The molecule has 14 heavy (non-hydrogen) atoms. The second-order valence-corrected chi connectivity index (χ2v) is 5.85. The molecule has 0 aliphatic carbocycles. The molecule has 0 spiro atoms. The van der Waals surface area contributed by atoms with Crippen LogP contribution in [-0.4, -0.2) is 17.1 Å². The summed E-state index contributed by atoms with van der Waals surface area (Å²) in [5, 5.41) is 0. The van der Waals surface area contributed by atoms with E-state index in [9.17, 15) is 4.79 Å². The second-order valence-electron chi connectivity index (χ2n) is 5.85. The number of hydrogen-bond donors (Lipinski definition) is 1. The van der Waals surface area contributed by atoms with E-state index < -0.39 is 16.6 Å². The van der Waals surface area contributed by atoms with Gasteiger partial charge in [-0.3, -0.25) is 4.79 Å². The first-order chi connectivity index (χ1) is 5.88. The Morgan fingerprint density at radius 1 is 1.00 bits per heavy atom. The average molecular weight is 201 g/mol. The minimum Gasteiger partial charge on any atom is -0.460 e. The Kier molecular flexibility index (Phi) is 3.39. The number of ether oxygens (including phenoxy) is 1. The third kappa shape index (κ3) is 3.29. The van der Waals surface area contributed by atoms with E-state index in [4.69, 9.17) is 10.5 Å². The summed E-state index contributed by atoms with van der Waals surface area (Å²) in [7, 11) is 0. The molecule has 0 amide bonds. The third-order valence-corrected chi connectivity index (χ3v) is 2.52. The van der Waals surface area contributed by atoms with Gasteiger partial charge >= 0.3 is 5.97 Å². The van der Waals surface area contributed by atoms with Gasteiger partial charge in [-0.05, 0) is 48.5 Å². The molecule has 0 aromatic carbocycles. The van der Waals surface area contributed by atoms with Crippen LogP contribution < -0.4 is 5.73 Å². The standard InChI is InChI=1S/C11H23NO2/c1-9(2,3)14-8(13)10(4,5)11(6,7)12/h12H2,1-7H3. The van der Waals surface area contributed by atoms with Crippen molar-refractivity contribution in [2.45, 2.75) is 59.6 Å². The lowest BCUT2D eigenvalue weighted by molar-refractivity contribution is -0.169. The van der Waals surface area contributed by atoms with Crippen LogP contribution in [0.15, 0.2) is 0 Å². The van der Waals surface area contributed by atoms with E-state index in [1.807, 2.05) is 34.6 Å². The summed E-state index contributed by atoms with van der Waals surface area (Å²) >= 11 is 0. The van der Waals surface area contributed by atoms with E-state index in [1.54, 1.807) is 13.8 Å². The summed E-state index contributed by atoms with van der Waals surface area (Å²) in [6.07, 6.45) is 0. The Morgan fingerprint density at radius 3 is 1.57 bits per heavy atom. The lowest BCUT2D eigenvalue weighted by Crippen LogP contribution is -2.53. The second kappa shape index (κ2) is 3.54. The Balaban J connectivity index is 4.70. The number of carbonyl (C=O) groups excluding carboxylic acids is 1. The van der Waals surface area contributed by atoms with Gasteiger partial charge in [0, 0.05) is 5.54 Å². The monoisotopic (exact) mass is 201 g/mol. The predicted molar refractivity (Wildman–Crippen MR) is 57.9 cm³/mol. The maximum Gasteiger partial charge on any atom is 0.313 e. The number of nitrogens with two attached hydrogens (primary N) is 1. The molecule has 0 rings (SSSR count). The van der Waals surface area contributed by atoms with E-state index in [0.29, 0.717) is 0 Å². The predicted octanol–water partition coefficient (Wildman–Crippen LogP) is 2.09. The van der Waals surface area contributed by atoms with Crippen molar-refractivity contribution in [2.75, 3.05) is 0 Å². The summed E-state index contributed by atoms with van der Waals surface area (Å²) in [5.41, 5.74) is 4.21. The molecular formula is C11H23NO2. The minimum atomic E-state index is -0.680. The molecule has 0 bridgehead atoms. The van der Waals surface area contributed by atoms with Crippen molar-refractivity contribution in [2.24, 2.45) is 11.1 Å². The van der Waals surface area contributed by atoms with Crippen molar-refractivity contribution in [3.63, 3.8) is 0 Å². The zero-order valence-corrected chi connectivity index (χ0v) is 10.4. The number of carbonyl (C=O) groups is 1. The molecule has 0 saturated carbocycles. The molecule has 0 aliphatic heterocycles. The topological polar surface area (TPSA) is 52.3 Å². The normalized spacial score (nSPS) is 14.0. The van der Waals surface area contributed by atoms with E-state index in [-0.39, 0.29) is 5.97 Å². The highest BCUT2D eigenvalue weighted by molar-refractivity contribution is 5.78.